The molecule has 4 nitrogen and oxygen atoms in total. The first-order valence-corrected chi connectivity index (χ1v) is 5.55. The molecule has 1 aromatic rings. The van der Waals surface area contributed by atoms with Crippen molar-refractivity contribution >= 4 is 17.3 Å². The normalized spacial score (nSPS) is 14.3. The van der Waals surface area contributed by atoms with Crippen molar-refractivity contribution in [3.63, 3.8) is 0 Å². The second-order valence-corrected chi connectivity index (χ2v) is 4.07. The quantitative estimate of drug-likeness (QED) is 0.581. The zero-order valence-electron chi connectivity index (χ0n) is 9.49. The van der Waals surface area contributed by atoms with Crippen molar-refractivity contribution in [3.05, 3.63) is 23.8 Å². The molecule has 0 atom stereocenters. The lowest BCUT2D eigenvalue weighted by molar-refractivity contribution is -0.117. The van der Waals surface area contributed by atoms with Gasteiger partial charge in [0.15, 0.2) is 0 Å². The lowest BCUT2D eigenvalue weighted by Crippen LogP contribution is -2.29. The summed E-state index contributed by atoms with van der Waals surface area (Å²) >= 11 is 0. The summed E-state index contributed by atoms with van der Waals surface area (Å²) in [5.41, 5.74) is 8.50. The zero-order valence-corrected chi connectivity index (χ0v) is 9.49. The molecule has 16 heavy (non-hydrogen) atoms. The maximum Gasteiger partial charge on any atom is 0.231 e. The lowest BCUT2D eigenvalue weighted by atomic mass is 10.1. The first kappa shape index (κ1) is 11.0. The highest BCUT2D eigenvalue weighted by molar-refractivity contribution is 6.01. The van der Waals surface area contributed by atoms with E-state index in [1.807, 2.05) is 30.1 Å². The van der Waals surface area contributed by atoms with E-state index in [4.69, 9.17) is 5.73 Å². The molecule has 1 amide bonds. The van der Waals surface area contributed by atoms with Crippen LogP contribution in [0.4, 0.5) is 11.4 Å². The van der Waals surface area contributed by atoms with E-state index in [1.54, 1.807) is 0 Å². The molecule has 0 unspecified atom stereocenters. The standard InChI is InChI=1S/C12H17N3O/c1-14-5-2-6-15-11-4-3-10(13)7-9(11)8-12(15)16/h3-4,7,14H,2,5-6,8,13H2,1H3. The van der Waals surface area contributed by atoms with Gasteiger partial charge in [-0.05, 0) is 43.8 Å². The minimum absolute atomic E-state index is 0.178. The van der Waals surface area contributed by atoms with E-state index in [2.05, 4.69) is 5.32 Å². The molecule has 0 bridgehead atoms. The Hall–Kier alpha value is -1.55. The average Bonchev–Trinajstić information content (AvgIpc) is 2.55. The first-order valence-electron chi connectivity index (χ1n) is 5.55. The van der Waals surface area contributed by atoms with E-state index in [9.17, 15) is 4.79 Å². The van der Waals surface area contributed by atoms with Gasteiger partial charge in [-0.3, -0.25) is 4.79 Å². The molecule has 3 N–H and O–H groups in total. The fourth-order valence-corrected chi connectivity index (χ4v) is 2.06. The molecular weight excluding hydrogens is 202 g/mol. The van der Waals surface area contributed by atoms with Crippen LogP contribution in [0.2, 0.25) is 0 Å². The number of fused-ring (bicyclic) bond motifs is 1. The van der Waals surface area contributed by atoms with Crippen molar-refractivity contribution < 1.29 is 4.79 Å². The summed E-state index contributed by atoms with van der Waals surface area (Å²) in [4.78, 5) is 13.7. The number of anilines is 2. The third-order valence-electron chi connectivity index (χ3n) is 2.85. The van der Waals surface area contributed by atoms with Gasteiger partial charge in [0.2, 0.25) is 5.91 Å². The van der Waals surface area contributed by atoms with Gasteiger partial charge in [-0.1, -0.05) is 0 Å². The minimum Gasteiger partial charge on any atom is -0.399 e. The van der Waals surface area contributed by atoms with Crippen LogP contribution in [0.3, 0.4) is 0 Å². The molecule has 4 heteroatoms. The number of nitrogens with one attached hydrogen (secondary N) is 1. The monoisotopic (exact) mass is 219 g/mol. The van der Waals surface area contributed by atoms with Crippen LogP contribution in [0.1, 0.15) is 12.0 Å². The number of nitrogens with two attached hydrogens (primary N) is 1. The van der Waals surface area contributed by atoms with Gasteiger partial charge in [-0.25, -0.2) is 0 Å². The summed E-state index contributed by atoms with van der Waals surface area (Å²) in [6.45, 7) is 1.70. The Balaban J connectivity index is 2.13. The van der Waals surface area contributed by atoms with Gasteiger partial charge < -0.3 is 16.0 Å². The highest BCUT2D eigenvalue weighted by Crippen LogP contribution is 2.30. The smallest absolute Gasteiger partial charge is 0.231 e. The summed E-state index contributed by atoms with van der Waals surface area (Å²) in [5, 5.41) is 3.08. The van der Waals surface area contributed by atoms with E-state index >= 15 is 0 Å². The van der Waals surface area contributed by atoms with Crippen molar-refractivity contribution in [2.24, 2.45) is 0 Å². The Kier molecular flexibility index (Phi) is 3.10. The van der Waals surface area contributed by atoms with Gasteiger partial charge in [0.1, 0.15) is 0 Å². The van der Waals surface area contributed by atoms with Gasteiger partial charge in [-0.15, -0.1) is 0 Å². The third kappa shape index (κ3) is 2.02. The molecule has 1 aliphatic heterocycles. The molecule has 1 aromatic carbocycles. The van der Waals surface area contributed by atoms with Crippen LogP contribution in [0.15, 0.2) is 18.2 Å². The molecule has 2 rings (SSSR count). The Morgan fingerprint density at radius 1 is 1.50 bits per heavy atom. The minimum atomic E-state index is 0.178. The summed E-state index contributed by atoms with van der Waals surface area (Å²) in [6, 6.07) is 5.68. The predicted octanol–water partition coefficient (Wildman–Crippen LogP) is 0.767. The Morgan fingerprint density at radius 2 is 2.31 bits per heavy atom. The predicted molar refractivity (Wildman–Crippen MR) is 65.5 cm³/mol. The second-order valence-electron chi connectivity index (χ2n) is 4.07. The van der Waals surface area contributed by atoms with E-state index in [0.717, 1.165) is 36.4 Å². The van der Waals surface area contributed by atoms with E-state index < -0.39 is 0 Å². The number of hydrogen-bond acceptors (Lipinski definition) is 3. The van der Waals surface area contributed by atoms with Crippen molar-refractivity contribution in [2.75, 3.05) is 30.8 Å². The Labute approximate surface area is 95.4 Å². The van der Waals surface area contributed by atoms with Crippen LogP contribution in [0.5, 0.6) is 0 Å². The van der Waals surface area contributed by atoms with Crippen LogP contribution < -0.4 is 16.0 Å². The van der Waals surface area contributed by atoms with Crippen LogP contribution in [0, 0.1) is 0 Å². The van der Waals surface area contributed by atoms with Crippen molar-refractivity contribution in [1.82, 2.24) is 5.32 Å². The second kappa shape index (κ2) is 4.53. The fraction of sp³-hybridized carbons (Fsp3) is 0.417. The number of nitrogens with zero attached hydrogens (tertiary/aromatic N) is 1. The number of carbonyl (C=O) groups excluding carboxylic acids is 1. The highest BCUT2D eigenvalue weighted by atomic mass is 16.2. The van der Waals surface area contributed by atoms with Crippen molar-refractivity contribution in [3.8, 4) is 0 Å². The third-order valence-corrected chi connectivity index (χ3v) is 2.85. The molecule has 0 radical (unpaired) electrons. The molecule has 0 fully saturated rings. The average molecular weight is 219 g/mol. The van der Waals surface area contributed by atoms with Crippen molar-refractivity contribution in [2.45, 2.75) is 12.8 Å². The molecular formula is C12H17N3O. The van der Waals surface area contributed by atoms with Gasteiger partial charge in [0.05, 0.1) is 6.42 Å². The van der Waals surface area contributed by atoms with Crippen molar-refractivity contribution in [1.29, 1.82) is 0 Å². The molecule has 86 valence electrons. The Bertz CT molecular complexity index is 403. The summed E-state index contributed by atoms with van der Waals surface area (Å²) in [6.07, 6.45) is 1.45. The fourth-order valence-electron chi connectivity index (χ4n) is 2.06. The number of rotatable bonds is 4. The van der Waals surface area contributed by atoms with Gasteiger partial charge in [-0.2, -0.15) is 0 Å². The number of amides is 1. The number of benzene rings is 1. The summed E-state index contributed by atoms with van der Waals surface area (Å²) in [7, 11) is 1.92. The van der Waals surface area contributed by atoms with Crippen LogP contribution in [-0.2, 0) is 11.2 Å². The molecule has 1 heterocycles. The molecule has 0 aromatic heterocycles. The first-order chi connectivity index (χ1) is 7.72. The number of carbonyl (C=O) groups is 1. The maximum absolute atomic E-state index is 11.8. The highest BCUT2D eigenvalue weighted by Gasteiger charge is 2.26. The van der Waals surface area contributed by atoms with Crippen LogP contribution in [-0.4, -0.2) is 26.0 Å². The van der Waals surface area contributed by atoms with Gasteiger partial charge >= 0.3 is 0 Å². The number of hydrogen-bond donors (Lipinski definition) is 2. The zero-order chi connectivity index (χ0) is 11.5. The van der Waals surface area contributed by atoms with E-state index in [-0.39, 0.29) is 5.91 Å². The largest absolute Gasteiger partial charge is 0.399 e. The molecule has 0 aliphatic carbocycles. The van der Waals surface area contributed by atoms with E-state index in [1.165, 1.54) is 0 Å². The summed E-state index contributed by atoms with van der Waals surface area (Å²) in [5.74, 6) is 0.178. The van der Waals surface area contributed by atoms with Crippen LogP contribution >= 0.6 is 0 Å². The topological polar surface area (TPSA) is 58.4 Å². The Morgan fingerprint density at radius 3 is 3.06 bits per heavy atom. The van der Waals surface area contributed by atoms with Gasteiger partial charge in [0, 0.05) is 17.9 Å². The van der Waals surface area contributed by atoms with Gasteiger partial charge in [0.25, 0.3) is 0 Å². The molecule has 0 saturated carbocycles. The summed E-state index contributed by atoms with van der Waals surface area (Å²) < 4.78 is 0. The molecule has 0 spiro atoms. The maximum atomic E-state index is 11.8. The molecule has 1 aliphatic rings. The lowest BCUT2D eigenvalue weighted by Gasteiger charge is -2.17. The SMILES string of the molecule is CNCCCN1C(=O)Cc2cc(N)ccc21. The number of nitrogen functional groups attached to an aromatic ring is 1. The van der Waals surface area contributed by atoms with E-state index in [0.29, 0.717) is 6.42 Å². The van der Waals surface area contributed by atoms with Crippen LogP contribution in [0.25, 0.3) is 0 Å². The molecule has 0 saturated heterocycles.